The molecule has 0 aliphatic carbocycles. The Bertz CT molecular complexity index is 1250. The lowest BCUT2D eigenvalue weighted by Crippen LogP contribution is -2.42. The van der Waals surface area contributed by atoms with Gasteiger partial charge in [0, 0.05) is 11.3 Å². The van der Waals surface area contributed by atoms with Gasteiger partial charge in [-0.15, -0.1) is 0 Å². The molecule has 32 heavy (non-hydrogen) atoms. The number of aryl methyl sites for hydroxylation is 1. The highest BCUT2D eigenvalue weighted by molar-refractivity contribution is 7.92. The molecule has 0 fully saturated rings. The van der Waals surface area contributed by atoms with Crippen molar-refractivity contribution in [2.45, 2.75) is 18.2 Å². The van der Waals surface area contributed by atoms with Crippen LogP contribution in [0.15, 0.2) is 71.6 Å². The second kappa shape index (κ2) is 9.56. The Labute approximate surface area is 183 Å². The maximum Gasteiger partial charge on any atom is 0.269 e. The standard InChI is InChI=1S/C22H19F2N3O4S/c1-14-12-19(10-11-20(14)24)32(30,31)27-18-8-4-16(5-9-18)22(29)26-25-21(28)13-15-2-6-17(23)7-3-15/h2-12,27H,13H2,1H3,(H,25,28)(H,26,29). The lowest BCUT2D eigenvalue weighted by Gasteiger charge is -2.10. The van der Waals surface area contributed by atoms with Crippen LogP contribution in [0.25, 0.3) is 0 Å². The van der Waals surface area contributed by atoms with Crippen LogP contribution >= 0.6 is 0 Å². The normalized spacial score (nSPS) is 11.0. The predicted octanol–water partition coefficient (Wildman–Crippen LogP) is 3.08. The quantitative estimate of drug-likeness (QED) is 0.493. The summed E-state index contributed by atoms with van der Waals surface area (Å²) in [6, 6.07) is 14.3. The molecule has 0 heterocycles. The second-order valence-corrected chi connectivity index (χ2v) is 8.58. The second-order valence-electron chi connectivity index (χ2n) is 6.90. The first-order valence-corrected chi connectivity index (χ1v) is 10.8. The predicted molar refractivity (Wildman–Crippen MR) is 114 cm³/mol. The van der Waals surface area contributed by atoms with Crippen LogP contribution in [0.4, 0.5) is 14.5 Å². The number of carbonyl (C=O) groups is 2. The van der Waals surface area contributed by atoms with Crippen molar-refractivity contribution in [1.82, 2.24) is 10.9 Å². The highest BCUT2D eigenvalue weighted by atomic mass is 32.2. The average Bonchev–Trinajstić information content (AvgIpc) is 2.76. The Morgan fingerprint density at radius 2 is 1.53 bits per heavy atom. The Kier molecular flexibility index (Phi) is 6.84. The van der Waals surface area contributed by atoms with Gasteiger partial charge >= 0.3 is 0 Å². The van der Waals surface area contributed by atoms with Crippen LogP contribution in [0, 0.1) is 18.6 Å². The zero-order valence-corrected chi connectivity index (χ0v) is 17.7. The minimum Gasteiger partial charge on any atom is -0.280 e. The molecule has 2 amide bonds. The van der Waals surface area contributed by atoms with E-state index in [-0.39, 0.29) is 28.1 Å². The maximum atomic E-state index is 13.4. The third-order valence-electron chi connectivity index (χ3n) is 4.43. The van der Waals surface area contributed by atoms with Gasteiger partial charge in [-0.05, 0) is 72.6 Å². The lowest BCUT2D eigenvalue weighted by molar-refractivity contribution is -0.121. The molecule has 0 aliphatic rings. The Morgan fingerprint density at radius 1 is 0.875 bits per heavy atom. The first-order valence-electron chi connectivity index (χ1n) is 9.37. The van der Waals surface area contributed by atoms with Gasteiger partial charge in [-0.25, -0.2) is 17.2 Å². The third kappa shape index (κ3) is 5.88. The van der Waals surface area contributed by atoms with Crippen LogP contribution in [0.5, 0.6) is 0 Å². The number of rotatable bonds is 6. The van der Waals surface area contributed by atoms with Crippen molar-refractivity contribution < 1.29 is 26.8 Å². The molecule has 166 valence electrons. The average molecular weight is 459 g/mol. The number of anilines is 1. The highest BCUT2D eigenvalue weighted by Gasteiger charge is 2.16. The van der Waals surface area contributed by atoms with E-state index >= 15 is 0 Å². The van der Waals surface area contributed by atoms with E-state index in [4.69, 9.17) is 0 Å². The van der Waals surface area contributed by atoms with Crippen molar-refractivity contribution >= 4 is 27.5 Å². The van der Waals surface area contributed by atoms with Crippen molar-refractivity contribution in [1.29, 1.82) is 0 Å². The summed E-state index contributed by atoms with van der Waals surface area (Å²) in [5.41, 5.74) is 5.65. The number of halogens is 2. The number of hydrogen-bond acceptors (Lipinski definition) is 4. The summed E-state index contributed by atoms with van der Waals surface area (Å²) in [6.45, 7) is 1.46. The van der Waals surface area contributed by atoms with Gasteiger partial charge in [0.05, 0.1) is 11.3 Å². The summed E-state index contributed by atoms with van der Waals surface area (Å²) in [5, 5.41) is 0. The molecular formula is C22H19F2N3O4S. The molecule has 0 aliphatic heterocycles. The molecule has 3 N–H and O–H groups in total. The lowest BCUT2D eigenvalue weighted by atomic mass is 10.1. The molecule has 0 unspecified atom stereocenters. The fourth-order valence-electron chi connectivity index (χ4n) is 2.72. The fraction of sp³-hybridized carbons (Fsp3) is 0.0909. The van der Waals surface area contributed by atoms with Crippen molar-refractivity contribution in [3.63, 3.8) is 0 Å². The van der Waals surface area contributed by atoms with Gasteiger partial charge in [0.15, 0.2) is 0 Å². The third-order valence-corrected chi connectivity index (χ3v) is 5.81. The minimum absolute atomic E-state index is 0.0515. The first-order chi connectivity index (χ1) is 15.1. The number of amides is 2. The Balaban J connectivity index is 1.57. The van der Waals surface area contributed by atoms with Gasteiger partial charge in [-0.3, -0.25) is 25.2 Å². The van der Waals surface area contributed by atoms with E-state index in [9.17, 15) is 26.8 Å². The summed E-state index contributed by atoms with van der Waals surface area (Å²) in [6.07, 6.45) is -0.0515. The topological polar surface area (TPSA) is 104 Å². The number of carbonyl (C=O) groups excluding carboxylic acids is 2. The fourth-order valence-corrected chi connectivity index (χ4v) is 3.86. The van der Waals surface area contributed by atoms with Crippen molar-refractivity contribution in [2.24, 2.45) is 0 Å². The Morgan fingerprint density at radius 3 is 2.16 bits per heavy atom. The summed E-state index contributed by atoms with van der Waals surface area (Å²) < 4.78 is 53.5. The van der Waals surface area contributed by atoms with E-state index in [1.54, 1.807) is 0 Å². The molecule has 3 aromatic rings. The van der Waals surface area contributed by atoms with E-state index < -0.39 is 33.5 Å². The van der Waals surface area contributed by atoms with Crippen molar-refractivity contribution in [2.75, 3.05) is 4.72 Å². The molecule has 10 heteroatoms. The molecule has 3 aromatic carbocycles. The molecule has 0 atom stereocenters. The van der Waals surface area contributed by atoms with Gasteiger partial charge < -0.3 is 0 Å². The van der Waals surface area contributed by atoms with Crippen molar-refractivity contribution in [3.8, 4) is 0 Å². The van der Waals surface area contributed by atoms with E-state index in [1.807, 2.05) is 0 Å². The van der Waals surface area contributed by atoms with Gasteiger partial charge in [-0.2, -0.15) is 0 Å². The van der Waals surface area contributed by atoms with E-state index in [0.717, 1.165) is 12.1 Å². The zero-order chi connectivity index (χ0) is 23.3. The van der Waals surface area contributed by atoms with Gasteiger partial charge in [0.1, 0.15) is 11.6 Å². The van der Waals surface area contributed by atoms with Crippen LogP contribution < -0.4 is 15.6 Å². The first kappa shape index (κ1) is 22.9. The van der Waals surface area contributed by atoms with Crippen molar-refractivity contribution in [3.05, 3.63) is 95.1 Å². The SMILES string of the molecule is Cc1cc(S(=O)(=O)Nc2ccc(C(=O)NNC(=O)Cc3ccc(F)cc3)cc2)ccc1F. The number of hydrazine groups is 1. The molecule has 3 rings (SSSR count). The largest absolute Gasteiger partial charge is 0.280 e. The van der Waals surface area contributed by atoms with E-state index in [0.29, 0.717) is 5.56 Å². The monoisotopic (exact) mass is 459 g/mol. The summed E-state index contributed by atoms with van der Waals surface area (Å²) in [4.78, 5) is 24.0. The summed E-state index contributed by atoms with van der Waals surface area (Å²) in [5.74, 6) is -2.03. The zero-order valence-electron chi connectivity index (χ0n) is 16.9. The number of nitrogens with one attached hydrogen (secondary N) is 3. The smallest absolute Gasteiger partial charge is 0.269 e. The van der Waals surface area contributed by atoms with Crippen LogP contribution in [0.1, 0.15) is 21.5 Å². The van der Waals surface area contributed by atoms with Crippen LogP contribution in [-0.2, 0) is 21.2 Å². The van der Waals surface area contributed by atoms with Gasteiger partial charge in [0.25, 0.3) is 15.9 Å². The van der Waals surface area contributed by atoms with Crippen LogP contribution in [-0.4, -0.2) is 20.2 Å². The molecule has 0 saturated heterocycles. The molecule has 0 saturated carbocycles. The summed E-state index contributed by atoms with van der Waals surface area (Å²) >= 11 is 0. The maximum absolute atomic E-state index is 13.4. The van der Waals surface area contributed by atoms with E-state index in [2.05, 4.69) is 15.6 Å². The molecule has 7 nitrogen and oxygen atoms in total. The highest BCUT2D eigenvalue weighted by Crippen LogP contribution is 2.19. The van der Waals surface area contributed by atoms with Gasteiger partial charge in [-0.1, -0.05) is 12.1 Å². The number of benzene rings is 3. The van der Waals surface area contributed by atoms with Crippen LogP contribution in [0.2, 0.25) is 0 Å². The molecule has 0 radical (unpaired) electrons. The molecule has 0 spiro atoms. The summed E-state index contributed by atoms with van der Waals surface area (Å²) in [7, 11) is -3.94. The molecular weight excluding hydrogens is 440 g/mol. The van der Waals surface area contributed by atoms with E-state index in [1.165, 1.54) is 61.5 Å². The number of sulfonamides is 1. The van der Waals surface area contributed by atoms with Crippen LogP contribution in [0.3, 0.4) is 0 Å². The van der Waals surface area contributed by atoms with Gasteiger partial charge in [0.2, 0.25) is 5.91 Å². The molecule has 0 bridgehead atoms. The minimum atomic E-state index is -3.94. The number of hydrogen-bond donors (Lipinski definition) is 3. The Hall–Kier alpha value is -3.79. The molecule has 0 aromatic heterocycles.